The second kappa shape index (κ2) is 6.22. The van der Waals surface area contributed by atoms with Gasteiger partial charge in [0.1, 0.15) is 5.56 Å². The average Bonchev–Trinajstić information content (AvgIpc) is 2.85. The summed E-state index contributed by atoms with van der Waals surface area (Å²) in [4.78, 5) is 25.0. The molecule has 2 atom stereocenters. The van der Waals surface area contributed by atoms with Crippen LogP contribution in [0.3, 0.4) is 0 Å². The van der Waals surface area contributed by atoms with E-state index in [9.17, 15) is 14.9 Å². The lowest BCUT2D eigenvalue weighted by atomic mass is 9.92. The fourth-order valence-electron chi connectivity index (χ4n) is 3.43. The Labute approximate surface area is 133 Å². The Morgan fingerprint density at radius 2 is 1.91 bits per heavy atom. The number of halogens is 1. The van der Waals surface area contributed by atoms with Gasteiger partial charge in [0.15, 0.2) is 0 Å². The monoisotopic (exact) mass is 323 g/mol. The molecule has 1 aromatic carbocycles. The number of hydrogen-bond acceptors (Lipinski definition) is 4. The van der Waals surface area contributed by atoms with Gasteiger partial charge in [0.2, 0.25) is 0 Å². The fourth-order valence-corrected chi connectivity index (χ4v) is 3.59. The van der Waals surface area contributed by atoms with Gasteiger partial charge in [-0.1, -0.05) is 11.6 Å². The van der Waals surface area contributed by atoms with E-state index in [0.29, 0.717) is 24.9 Å². The number of hydrogen-bond donors (Lipinski definition) is 1. The highest BCUT2D eigenvalue weighted by Crippen LogP contribution is 2.29. The molecule has 0 bridgehead atoms. The number of rotatable bonds is 2. The Balaban J connectivity index is 1.80. The van der Waals surface area contributed by atoms with Crippen molar-refractivity contribution >= 4 is 23.2 Å². The third kappa shape index (κ3) is 2.94. The van der Waals surface area contributed by atoms with Gasteiger partial charge in [-0.25, -0.2) is 0 Å². The Bertz CT molecular complexity index is 594. The second-order valence-electron chi connectivity index (χ2n) is 5.97. The summed E-state index contributed by atoms with van der Waals surface area (Å²) in [5, 5.41) is 14.8. The molecule has 0 radical (unpaired) electrons. The predicted octanol–water partition coefficient (Wildman–Crippen LogP) is 2.32. The minimum atomic E-state index is -0.546. The SMILES string of the molecule is O=C(c1ccc(Cl)cc1[N+](=O)[O-])N1CC[C@@H]2CNC[C@@H]2CC1. The highest BCUT2D eigenvalue weighted by atomic mass is 35.5. The highest BCUT2D eigenvalue weighted by Gasteiger charge is 2.33. The van der Waals surface area contributed by atoms with Crippen molar-refractivity contribution in [1.82, 2.24) is 10.2 Å². The largest absolute Gasteiger partial charge is 0.338 e. The van der Waals surface area contributed by atoms with Crippen molar-refractivity contribution in [3.05, 3.63) is 38.9 Å². The number of benzene rings is 1. The number of carbonyl (C=O) groups is 1. The van der Waals surface area contributed by atoms with Crippen LogP contribution in [-0.4, -0.2) is 41.9 Å². The van der Waals surface area contributed by atoms with Crippen molar-refractivity contribution in [3.63, 3.8) is 0 Å². The van der Waals surface area contributed by atoms with E-state index in [-0.39, 0.29) is 22.2 Å². The zero-order valence-electron chi connectivity index (χ0n) is 12.1. The van der Waals surface area contributed by atoms with E-state index in [4.69, 9.17) is 11.6 Å². The van der Waals surface area contributed by atoms with Crippen LogP contribution in [0.25, 0.3) is 0 Å². The first-order chi connectivity index (χ1) is 10.6. The van der Waals surface area contributed by atoms with Gasteiger partial charge in [-0.2, -0.15) is 0 Å². The summed E-state index contributed by atoms with van der Waals surface area (Å²) >= 11 is 5.81. The van der Waals surface area contributed by atoms with Crippen molar-refractivity contribution in [1.29, 1.82) is 0 Å². The summed E-state index contributed by atoms with van der Waals surface area (Å²) in [6, 6.07) is 4.22. The van der Waals surface area contributed by atoms with Crippen molar-refractivity contribution in [2.75, 3.05) is 26.2 Å². The average molecular weight is 324 g/mol. The van der Waals surface area contributed by atoms with Crippen LogP contribution in [0.15, 0.2) is 18.2 Å². The van der Waals surface area contributed by atoms with Crippen LogP contribution < -0.4 is 5.32 Å². The van der Waals surface area contributed by atoms with Crippen LogP contribution in [0.2, 0.25) is 5.02 Å². The maximum absolute atomic E-state index is 12.7. The van der Waals surface area contributed by atoms with Crippen molar-refractivity contribution in [3.8, 4) is 0 Å². The lowest BCUT2D eigenvalue weighted by molar-refractivity contribution is -0.385. The number of fused-ring (bicyclic) bond motifs is 1. The summed E-state index contributed by atoms with van der Waals surface area (Å²) in [6.07, 6.45) is 1.90. The van der Waals surface area contributed by atoms with Gasteiger partial charge in [0.25, 0.3) is 11.6 Å². The molecule has 2 heterocycles. The first kappa shape index (κ1) is 15.2. The van der Waals surface area contributed by atoms with Crippen molar-refractivity contribution in [2.45, 2.75) is 12.8 Å². The number of nitro groups is 1. The zero-order valence-corrected chi connectivity index (χ0v) is 12.9. The molecule has 22 heavy (non-hydrogen) atoms. The smallest absolute Gasteiger partial charge is 0.283 e. The van der Waals surface area contributed by atoms with Crippen molar-refractivity contribution < 1.29 is 9.72 Å². The van der Waals surface area contributed by atoms with Crippen LogP contribution in [-0.2, 0) is 0 Å². The molecule has 1 amide bonds. The Morgan fingerprint density at radius 1 is 1.27 bits per heavy atom. The van der Waals surface area contributed by atoms with Crippen LogP contribution in [0.4, 0.5) is 5.69 Å². The van der Waals surface area contributed by atoms with Gasteiger partial charge < -0.3 is 10.2 Å². The van der Waals surface area contributed by atoms with E-state index in [1.165, 1.54) is 18.2 Å². The van der Waals surface area contributed by atoms with E-state index in [1.807, 2.05) is 0 Å². The molecular weight excluding hydrogens is 306 g/mol. The van der Waals surface area contributed by atoms with E-state index in [1.54, 1.807) is 4.90 Å². The van der Waals surface area contributed by atoms with Crippen LogP contribution >= 0.6 is 11.6 Å². The third-order valence-corrected chi connectivity index (χ3v) is 4.93. The number of likely N-dealkylation sites (tertiary alicyclic amines) is 1. The lowest BCUT2D eigenvalue weighted by Gasteiger charge is -2.21. The molecule has 7 heteroatoms. The second-order valence-corrected chi connectivity index (χ2v) is 6.40. The number of amides is 1. The van der Waals surface area contributed by atoms with Gasteiger partial charge in [-0.05, 0) is 49.9 Å². The Morgan fingerprint density at radius 3 is 2.50 bits per heavy atom. The first-order valence-corrected chi connectivity index (χ1v) is 7.88. The summed E-state index contributed by atoms with van der Waals surface area (Å²) in [5.41, 5.74) is -0.0943. The molecule has 0 spiro atoms. The molecule has 0 unspecified atom stereocenters. The minimum Gasteiger partial charge on any atom is -0.338 e. The molecule has 0 saturated carbocycles. The normalized spacial score (nSPS) is 24.7. The Kier molecular flexibility index (Phi) is 4.31. The van der Waals surface area contributed by atoms with Crippen LogP contribution in [0.1, 0.15) is 23.2 Å². The predicted molar refractivity (Wildman–Crippen MR) is 83.1 cm³/mol. The lowest BCUT2D eigenvalue weighted by Crippen LogP contribution is -2.33. The first-order valence-electron chi connectivity index (χ1n) is 7.50. The topological polar surface area (TPSA) is 75.5 Å². The maximum Gasteiger partial charge on any atom is 0.283 e. The summed E-state index contributed by atoms with van der Waals surface area (Å²) in [7, 11) is 0. The molecule has 0 aromatic heterocycles. The summed E-state index contributed by atoms with van der Waals surface area (Å²) in [5.74, 6) is 0.951. The molecule has 118 valence electrons. The highest BCUT2D eigenvalue weighted by molar-refractivity contribution is 6.31. The summed E-state index contributed by atoms with van der Waals surface area (Å²) < 4.78 is 0. The number of carbonyl (C=O) groups excluding carboxylic acids is 1. The molecule has 1 N–H and O–H groups in total. The van der Waals surface area contributed by atoms with E-state index < -0.39 is 4.92 Å². The quantitative estimate of drug-likeness (QED) is 0.669. The molecule has 6 nitrogen and oxygen atoms in total. The van der Waals surface area contributed by atoms with Gasteiger partial charge in [-0.15, -0.1) is 0 Å². The van der Waals surface area contributed by atoms with E-state index in [0.717, 1.165) is 25.9 Å². The number of nitrogens with one attached hydrogen (secondary N) is 1. The fraction of sp³-hybridized carbons (Fsp3) is 0.533. The minimum absolute atomic E-state index is 0.125. The molecule has 0 aliphatic carbocycles. The number of nitrogens with zero attached hydrogens (tertiary/aromatic N) is 2. The standard InChI is InChI=1S/C15H18ClN3O3/c16-12-1-2-13(14(7-12)19(21)22)15(20)18-5-3-10-8-17-9-11(10)4-6-18/h1-2,7,10-11,17H,3-6,8-9H2/t10-,11+. The molecule has 2 aliphatic heterocycles. The third-order valence-electron chi connectivity index (χ3n) is 4.69. The molecule has 2 aliphatic rings. The van der Waals surface area contributed by atoms with Gasteiger partial charge in [0.05, 0.1) is 4.92 Å². The number of nitro benzene ring substituents is 1. The van der Waals surface area contributed by atoms with Gasteiger partial charge >= 0.3 is 0 Å². The summed E-state index contributed by atoms with van der Waals surface area (Å²) in [6.45, 7) is 3.32. The molecule has 1 aromatic rings. The molecule has 2 fully saturated rings. The molecule has 3 rings (SSSR count). The molecule has 2 saturated heterocycles. The van der Waals surface area contributed by atoms with E-state index >= 15 is 0 Å². The van der Waals surface area contributed by atoms with Gasteiger partial charge in [0, 0.05) is 24.2 Å². The molecular formula is C15H18ClN3O3. The van der Waals surface area contributed by atoms with Crippen LogP contribution in [0, 0.1) is 22.0 Å². The van der Waals surface area contributed by atoms with E-state index in [2.05, 4.69) is 5.32 Å². The van der Waals surface area contributed by atoms with Crippen LogP contribution in [0.5, 0.6) is 0 Å². The van der Waals surface area contributed by atoms with Gasteiger partial charge in [-0.3, -0.25) is 14.9 Å². The zero-order chi connectivity index (χ0) is 15.7. The van der Waals surface area contributed by atoms with Crippen molar-refractivity contribution in [2.24, 2.45) is 11.8 Å². The Hall–Kier alpha value is -1.66. The maximum atomic E-state index is 12.7.